The molecule has 1 aromatic heterocycles. The van der Waals surface area contributed by atoms with Crippen molar-refractivity contribution in [2.24, 2.45) is 0 Å². The number of pyridine rings is 1. The Morgan fingerprint density at radius 1 is 1.13 bits per heavy atom. The van der Waals surface area contributed by atoms with Gasteiger partial charge in [-0.3, -0.25) is 19.7 Å². The van der Waals surface area contributed by atoms with E-state index in [2.05, 4.69) is 10.3 Å². The molecule has 15 heavy (non-hydrogen) atoms. The van der Waals surface area contributed by atoms with Crippen LogP contribution in [0.1, 0.15) is 6.42 Å². The van der Waals surface area contributed by atoms with Gasteiger partial charge in [0.2, 0.25) is 17.4 Å². The number of rotatable bonds is 0. The van der Waals surface area contributed by atoms with Crippen molar-refractivity contribution in [3.05, 3.63) is 46.9 Å². The molecule has 1 aliphatic rings. The zero-order valence-corrected chi connectivity index (χ0v) is 7.90. The first-order valence-corrected chi connectivity index (χ1v) is 4.32. The SMILES string of the molecule is O=C1C=CCC(=O)N1.O=c1cccc[nH]1. The van der Waals surface area contributed by atoms with Gasteiger partial charge < -0.3 is 4.98 Å². The lowest BCUT2D eigenvalue weighted by atomic mass is 10.3. The van der Waals surface area contributed by atoms with Crippen molar-refractivity contribution in [2.75, 3.05) is 0 Å². The Kier molecular flexibility index (Phi) is 4.03. The Hall–Kier alpha value is -2.17. The van der Waals surface area contributed by atoms with Crippen LogP contribution in [0.15, 0.2) is 41.3 Å². The lowest BCUT2D eigenvalue weighted by molar-refractivity contribution is -0.128. The first kappa shape index (κ1) is 10.9. The van der Waals surface area contributed by atoms with Gasteiger partial charge in [0, 0.05) is 18.7 Å². The van der Waals surface area contributed by atoms with Crippen LogP contribution in [0.2, 0.25) is 0 Å². The number of aromatic nitrogens is 1. The second-order valence-corrected chi connectivity index (χ2v) is 2.75. The Bertz CT molecular complexity index is 417. The second-order valence-electron chi connectivity index (χ2n) is 2.75. The van der Waals surface area contributed by atoms with Gasteiger partial charge in [-0.15, -0.1) is 0 Å². The lowest BCUT2D eigenvalue weighted by Gasteiger charge is -2.00. The molecule has 0 aliphatic carbocycles. The highest BCUT2D eigenvalue weighted by atomic mass is 16.2. The molecule has 78 valence electrons. The molecule has 0 saturated heterocycles. The Labute approximate surface area is 85.8 Å². The number of hydrogen-bond acceptors (Lipinski definition) is 3. The number of hydrogen-bond donors (Lipinski definition) is 2. The molecule has 1 aliphatic heterocycles. The van der Waals surface area contributed by atoms with Crippen molar-refractivity contribution in [3.8, 4) is 0 Å². The summed E-state index contributed by atoms with van der Waals surface area (Å²) in [5.41, 5.74) is -0.0532. The summed E-state index contributed by atoms with van der Waals surface area (Å²) >= 11 is 0. The van der Waals surface area contributed by atoms with E-state index in [0.29, 0.717) is 6.42 Å². The van der Waals surface area contributed by atoms with Gasteiger partial charge in [-0.25, -0.2) is 0 Å². The predicted octanol–water partition coefficient (Wildman–Crippen LogP) is -0.0360. The number of H-pyrrole nitrogens is 1. The Morgan fingerprint density at radius 3 is 2.27 bits per heavy atom. The summed E-state index contributed by atoms with van der Waals surface area (Å²) in [6.07, 6.45) is 4.82. The third-order valence-electron chi connectivity index (χ3n) is 1.52. The van der Waals surface area contributed by atoms with Crippen molar-refractivity contribution < 1.29 is 9.59 Å². The average Bonchev–Trinajstić information content (AvgIpc) is 2.19. The fourth-order valence-corrected chi connectivity index (χ4v) is 0.880. The smallest absolute Gasteiger partial charge is 0.250 e. The molecule has 2 rings (SSSR count). The molecule has 0 bridgehead atoms. The third-order valence-corrected chi connectivity index (χ3v) is 1.52. The van der Waals surface area contributed by atoms with Crippen LogP contribution in [-0.2, 0) is 9.59 Å². The number of carbonyl (C=O) groups excluding carboxylic acids is 2. The first-order valence-electron chi connectivity index (χ1n) is 4.32. The molecular weight excluding hydrogens is 196 g/mol. The molecule has 0 aromatic carbocycles. The van der Waals surface area contributed by atoms with Crippen LogP contribution in [0.4, 0.5) is 0 Å². The molecule has 0 radical (unpaired) electrons. The van der Waals surface area contributed by atoms with Crippen LogP contribution in [-0.4, -0.2) is 16.8 Å². The molecular formula is C10H10N2O3. The van der Waals surface area contributed by atoms with Gasteiger partial charge in [0.05, 0.1) is 0 Å². The maximum atomic E-state index is 10.3. The summed E-state index contributed by atoms with van der Waals surface area (Å²) in [4.78, 5) is 33.2. The van der Waals surface area contributed by atoms with E-state index < -0.39 is 0 Å². The summed E-state index contributed by atoms with van der Waals surface area (Å²) in [5, 5.41) is 2.11. The molecule has 1 aromatic rings. The molecule has 5 heteroatoms. The number of imide groups is 1. The maximum absolute atomic E-state index is 10.3. The average molecular weight is 206 g/mol. The Balaban J connectivity index is 0.000000151. The van der Waals surface area contributed by atoms with Gasteiger partial charge >= 0.3 is 0 Å². The minimum Gasteiger partial charge on any atom is -0.329 e. The fourth-order valence-electron chi connectivity index (χ4n) is 0.880. The highest BCUT2D eigenvalue weighted by Crippen LogP contribution is 1.89. The van der Waals surface area contributed by atoms with Gasteiger partial charge in [0.1, 0.15) is 0 Å². The molecule has 2 amide bonds. The van der Waals surface area contributed by atoms with E-state index in [1.165, 1.54) is 12.1 Å². The van der Waals surface area contributed by atoms with Crippen molar-refractivity contribution >= 4 is 11.8 Å². The molecule has 0 atom stereocenters. The fraction of sp³-hybridized carbons (Fsp3) is 0.100. The largest absolute Gasteiger partial charge is 0.329 e. The molecule has 2 N–H and O–H groups in total. The van der Waals surface area contributed by atoms with Gasteiger partial charge in [-0.1, -0.05) is 12.1 Å². The molecule has 0 saturated carbocycles. The minimum atomic E-state index is -0.318. The normalized spacial score (nSPS) is 13.9. The van der Waals surface area contributed by atoms with Crippen molar-refractivity contribution in [1.82, 2.24) is 10.3 Å². The maximum Gasteiger partial charge on any atom is 0.250 e. The standard InChI is InChI=1S/C5H5NO2.C5H5NO/c7-4-2-1-3-5(8)6-4;7-5-3-1-2-4-6-5/h1-2H,3H2,(H,6,7,8);1-4H,(H,6,7). The quantitative estimate of drug-likeness (QED) is 0.585. The van der Waals surface area contributed by atoms with Crippen LogP contribution in [0, 0.1) is 0 Å². The van der Waals surface area contributed by atoms with E-state index in [0.717, 1.165) is 0 Å². The third kappa shape index (κ3) is 4.56. The highest BCUT2D eigenvalue weighted by Gasteiger charge is 2.06. The molecule has 0 unspecified atom stereocenters. The summed E-state index contributed by atoms with van der Waals surface area (Å²) in [7, 11) is 0. The second kappa shape index (κ2) is 5.54. The monoisotopic (exact) mass is 206 g/mol. The summed E-state index contributed by atoms with van der Waals surface area (Å²) < 4.78 is 0. The van der Waals surface area contributed by atoms with Gasteiger partial charge in [0.15, 0.2) is 0 Å². The first-order chi connectivity index (χ1) is 7.18. The number of amides is 2. The van der Waals surface area contributed by atoms with Gasteiger partial charge in [-0.05, 0) is 12.1 Å². The molecule has 5 nitrogen and oxygen atoms in total. The topological polar surface area (TPSA) is 79.0 Å². The van der Waals surface area contributed by atoms with Crippen LogP contribution in [0.5, 0.6) is 0 Å². The van der Waals surface area contributed by atoms with E-state index in [9.17, 15) is 14.4 Å². The van der Waals surface area contributed by atoms with Crippen molar-refractivity contribution in [2.45, 2.75) is 6.42 Å². The van der Waals surface area contributed by atoms with Gasteiger partial charge in [0.25, 0.3) is 0 Å². The zero-order valence-electron chi connectivity index (χ0n) is 7.90. The van der Waals surface area contributed by atoms with Gasteiger partial charge in [-0.2, -0.15) is 0 Å². The number of carbonyl (C=O) groups is 2. The van der Waals surface area contributed by atoms with Crippen LogP contribution < -0.4 is 10.9 Å². The van der Waals surface area contributed by atoms with E-state index in [1.54, 1.807) is 24.4 Å². The minimum absolute atomic E-state index is 0.0532. The van der Waals surface area contributed by atoms with Crippen molar-refractivity contribution in [1.29, 1.82) is 0 Å². The van der Waals surface area contributed by atoms with E-state index in [-0.39, 0.29) is 17.4 Å². The molecule has 0 spiro atoms. The highest BCUT2D eigenvalue weighted by molar-refractivity contribution is 6.03. The van der Waals surface area contributed by atoms with E-state index >= 15 is 0 Å². The van der Waals surface area contributed by atoms with Crippen LogP contribution in [0.25, 0.3) is 0 Å². The summed E-state index contributed by atoms with van der Waals surface area (Å²) in [6.45, 7) is 0. The summed E-state index contributed by atoms with van der Waals surface area (Å²) in [6, 6.07) is 4.93. The zero-order chi connectivity index (χ0) is 11.1. The van der Waals surface area contributed by atoms with E-state index in [1.807, 2.05) is 0 Å². The van der Waals surface area contributed by atoms with Crippen molar-refractivity contribution in [3.63, 3.8) is 0 Å². The number of nitrogens with one attached hydrogen (secondary N) is 2. The number of aromatic amines is 1. The van der Waals surface area contributed by atoms with E-state index in [4.69, 9.17) is 0 Å². The Morgan fingerprint density at radius 2 is 1.93 bits per heavy atom. The predicted molar refractivity (Wildman–Crippen MR) is 54.0 cm³/mol. The summed E-state index contributed by atoms with van der Waals surface area (Å²) in [5.74, 6) is -0.543. The molecule has 2 heterocycles. The van der Waals surface area contributed by atoms with Crippen LogP contribution in [0.3, 0.4) is 0 Å². The van der Waals surface area contributed by atoms with Crippen LogP contribution >= 0.6 is 0 Å². The molecule has 0 fully saturated rings. The lowest BCUT2D eigenvalue weighted by Crippen LogP contribution is -2.30.